The number of hydrazone groups is 1. The average Bonchev–Trinajstić information content (AvgIpc) is 2.17. The molecule has 1 rings (SSSR count). The van der Waals surface area contributed by atoms with E-state index in [4.69, 9.17) is 10.00 Å². The minimum atomic E-state index is 0.124. The third-order valence-electron chi connectivity index (χ3n) is 1.86. The summed E-state index contributed by atoms with van der Waals surface area (Å²) in [7, 11) is 0. The molecule has 1 atom stereocenters. The molecule has 0 amide bonds. The molecule has 0 saturated carbocycles. The quantitative estimate of drug-likeness (QED) is 0.662. The van der Waals surface area contributed by atoms with Gasteiger partial charge in [-0.2, -0.15) is 10.4 Å². The summed E-state index contributed by atoms with van der Waals surface area (Å²) in [5, 5.41) is 12.6. The highest BCUT2D eigenvalue weighted by Crippen LogP contribution is 2.02. The van der Waals surface area contributed by atoms with Crippen molar-refractivity contribution in [1.29, 1.82) is 5.26 Å². The first-order valence-electron chi connectivity index (χ1n) is 4.58. The van der Waals surface area contributed by atoms with Gasteiger partial charge in [0.1, 0.15) is 0 Å². The molecule has 0 aliphatic carbocycles. The van der Waals surface area contributed by atoms with E-state index in [1.165, 1.54) is 0 Å². The Balaban J connectivity index is 2.25. The van der Waals surface area contributed by atoms with E-state index in [0.29, 0.717) is 13.0 Å². The van der Waals surface area contributed by atoms with Crippen LogP contribution in [0.4, 0.5) is 0 Å². The van der Waals surface area contributed by atoms with E-state index in [2.05, 4.69) is 16.6 Å². The number of nitrogens with one attached hydrogen (secondary N) is 1. The fourth-order valence-corrected chi connectivity index (χ4v) is 1.11. The van der Waals surface area contributed by atoms with Crippen molar-refractivity contribution in [2.45, 2.75) is 32.2 Å². The second-order valence-corrected chi connectivity index (χ2v) is 3.23. The smallest absolute Gasteiger partial charge is 0.0866 e. The maximum Gasteiger partial charge on any atom is 0.0866 e. The van der Waals surface area contributed by atoms with Crippen LogP contribution in [-0.4, -0.2) is 25.0 Å². The van der Waals surface area contributed by atoms with E-state index in [1.54, 1.807) is 0 Å². The molecule has 0 radical (unpaired) electrons. The first-order chi connectivity index (χ1) is 6.33. The van der Waals surface area contributed by atoms with Crippen molar-refractivity contribution in [2.75, 3.05) is 13.2 Å². The number of ether oxygens (including phenoxy) is 1. The fourth-order valence-electron chi connectivity index (χ4n) is 1.11. The van der Waals surface area contributed by atoms with Gasteiger partial charge in [-0.15, -0.1) is 0 Å². The topological polar surface area (TPSA) is 57.4 Å². The monoisotopic (exact) mass is 181 g/mol. The van der Waals surface area contributed by atoms with Gasteiger partial charge in [0.05, 0.1) is 30.9 Å². The van der Waals surface area contributed by atoms with Gasteiger partial charge in [0.15, 0.2) is 0 Å². The molecule has 1 unspecified atom stereocenters. The van der Waals surface area contributed by atoms with Crippen molar-refractivity contribution in [3.8, 4) is 6.07 Å². The molecular formula is C9H15N3O. The minimum absolute atomic E-state index is 0.124. The number of nitriles is 1. The molecule has 0 aromatic heterocycles. The lowest BCUT2D eigenvalue weighted by molar-refractivity contribution is 0.154. The zero-order chi connectivity index (χ0) is 9.52. The Morgan fingerprint density at radius 3 is 3.23 bits per heavy atom. The molecule has 1 fully saturated rings. The first-order valence-corrected chi connectivity index (χ1v) is 4.58. The van der Waals surface area contributed by atoms with Crippen LogP contribution in [0.15, 0.2) is 5.10 Å². The lowest BCUT2D eigenvalue weighted by Crippen LogP contribution is -2.25. The van der Waals surface area contributed by atoms with Crippen molar-refractivity contribution in [1.82, 2.24) is 5.43 Å². The summed E-state index contributed by atoms with van der Waals surface area (Å²) < 4.78 is 5.24. The number of nitrogens with zero attached hydrogens (tertiary/aromatic N) is 2. The molecule has 0 bridgehead atoms. The van der Waals surface area contributed by atoms with Gasteiger partial charge in [0, 0.05) is 6.61 Å². The van der Waals surface area contributed by atoms with Crippen LogP contribution in [0, 0.1) is 11.3 Å². The minimum Gasteiger partial charge on any atom is -0.375 e. The SMILES string of the molecule is CC(CC#N)N/N=C1\CCCOC1. The summed E-state index contributed by atoms with van der Waals surface area (Å²) in [5.74, 6) is 0. The largest absolute Gasteiger partial charge is 0.375 e. The second-order valence-electron chi connectivity index (χ2n) is 3.23. The van der Waals surface area contributed by atoms with Crippen LogP contribution in [0.25, 0.3) is 0 Å². The van der Waals surface area contributed by atoms with Gasteiger partial charge in [-0.3, -0.25) is 0 Å². The van der Waals surface area contributed by atoms with Crippen LogP contribution in [0.1, 0.15) is 26.2 Å². The Morgan fingerprint density at radius 2 is 2.62 bits per heavy atom. The molecule has 1 aliphatic heterocycles. The molecule has 4 nitrogen and oxygen atoms in total. The highest BCUT2D eigenvalue weighted by atomic mass is 16.5. The van der Waals surface area contributed by atoms with Crippen molar-refractivity contribution in [3.05, 3.63) is 0 Å². The van der Waals surface area contributed by atoms with Gasteiger partial charge < -0.3 is 10.2 Å². The molecule has 4 heteroatoms. The molecular weight excluding hydrogens is 166 g/mol. The summed E-state index contributed by atoms with van der Waals surface area (Å²) >= 11 is 0. The van der Waals surface area contributed by atoms with E-state index in [0.717, 1.165) is 25.2 Å². The molecule has 1 saturated heterocycles. The predicted molar refractivity (Wildman–Crippen MR) is 50.3 cm³/mol. The Bertz CT molecular complexity index is 211. The van der Waals surface area contributed by atoms with Crippen LogP contribution in [0.3, 0.4) is 0 Å². The van der Waals surface area contributed by atoms with E-state index in [-0.39, 0.29) is 6.04 Å². The zero-order valence-corrected chi connectivity index (χ0v) is 7.92. The second kappa shape index (κ2) is 5.55. The Labute approximate surface area is 78.6 Å². The maximum atomic E-state index is 8.41. The van der Waals surface area contributed by atoms with E-state index < -0.39 is 0 Å². The Hall–Kier alpha value is -1.08. The van der Waals surface area contributed by atoms with E-state index in [1.807, 2.05) is 6.92 Å². The van der Waals surface area contributed by atoms with Crippen molar-refractivity contribution in [3.63, 3.8) is 0 Å². The number of hydrogen-bond acceptors (Lipinski definition) is 4. The molecule has 72 valence electrons. The lowest BCUT2D eigenvalue weighted by atomic mass is 10.2. The Morgan fingerprint density at radius 1 is 1.77 bits per heavy atom. The molecule has 1 N–H and O–H groups in total. The van der Waals surface area contributed by atoms with Crippen molar-refractivity contribution < 1.29 is 4.74 Å². The van der Waals surface area contributed by atoms with Crippen molar-refractivity contribution >= 4 is 5.71 Å². The molecule has 0 aromatic carbocycles. The normalized spacial score (nSPS) is 22.3. The molecule has 1 aliphatic rings. The van der Waals surface area contributed by atoms with Gasteiger partial charge >= 0.3 is 0 Å². The number of hydrogen-bond donors (Lipinski definition) is 1. The van der Waals surface area contributed by atoms with Crippen LogP contribution in [0.5, 0.6) is 0 Å². The predicted octanol–water partition coefficient (Wildman–Crippen LogP) is 1.04. The van der Waals surface area contributed by atoms with Crippen LogP contribution in [-0.2, 0) is 4.74 Å². The molecule has 1 heterocycles. The highest BCUT2D eigenvalue weighted by molar-refractivity contribution is 5.85. The number of rotatable bonds is 3. The third kappa shape index (κ3) is 3.90. The highest BCUT2D eigenvalue weighted by Gasteiger charge is 2.07. The fraction of sp³-hybridized carbons (Fsp3) is 0.778. The molecule has 13 heavy (non-hydrogen) atoms. The van der Waals surface area contributed by atoms with Gasteiger partial charge in [0.2, 0.25) is 0 Å². The van der Waals surface area contributed by atoms with Gasteiger partial charge in [-0.1, -0.05) is 0 Å². The Kier molecular flexibility index (Phi) is 4.27. The maximum absolute atomic E-state index is 8.41. The summed E-state index contributed by atoms with van der Waals surface area (Å²) in [6.45, 7) is 3.41. The molecule has 0 aromatic rings. The summed E-state index contributed by atoms with van der Waals surface area (Å²) in [4.78, 5) is 0. The summed E-state index contributed by atoms with van der Waals surface area (Å²) in [6, 6.07) is 2.22. The summed E-state index contributed by atoms with van der Waals surface area (Å²) in [6.07, 6.45) is 2.54. The first kappa shape index (κ1) is 10.0. The van der Waals surface area contributed by atoms with Crippen LogP contribution in [0.2, 0.25) is 0 Å². The van der Waals surface area contributed by atoms with Gasteiger partial charge in [0.25, 0.3) is 0 Å². The average molecular weight is 181 g/mol. The van der Waals surface area contributed by atoms with Crippen LogP contribution < -0.4 is 5.43 Å². The standard InChI is InChI=1S/C9H15N3O/c1-8(4-5-10)11-12-9-3-2-6-13-7-9/h8,11H,2-4,6-7H2,1H3/b12-9+. The van der Waals surface area contributed by atoms with Gasteiger partial charge in [-0.25, -0.2) is 0 Å². The lowest BCUT2D eigenvalue weighted by Gasteiger charge is -2.14. The van der Waals surface area contributed by atoms with E-state index >= 15 is 0 Å². The van der Waals surface area contributed by atoms with E-state index in [9.17, 15) is 0 Å². The van der Waals surface area contributed by atoms with Crippen LogP contribution >= 0.6 is 0 Å². The van der Waals surface area contributed by atoms with Gasteiger partial charge in [-0.05, 0) is 19.8 Å². The zero-order valence-electron chi connectivity index (χ0n) is 7.92. The summed E-state index contributed by atoms with van der Waals surface area (Å²) in [5.41, 5.74) is 3.99. The third-order valence-corrected chi connectivity index (χ3v) is 1.86. The molecule has 0 spiro atoms. The van der Waals surface area contributed by atoms with Crippen molar-refractivity contribution in [2.24, 2.45) is 5.10 Å².